The van der Waals surface area contributed by atoms with E-state index in [0.717, 1.165) is 15.9 Å². The summed E-state index contributed by atoms with van der Waals surface area (Å²) in [6.07, 6.45) is 0. The first kappa shape index (κ1) is 10.2. The predicted molar refractivity (Wildman–Crippen MR) is 61.3 cm³/mol. The van der Waals surface area contributed by atoms with Gasteiger partial charge in [-0.25, -0.2) is 4.79 Å². The number of nitrogens with two attached hydrogens (primary N) is 1. The summed E-state index contributed by atoms with van der Waals surface area (Å²) in [6.45, 7) is 1.97. The quantitative estimate of drug-likeness (QED) is 0.559. The third-order valence-corrected chi connectivity index (χ3v) is 2.22. The van der Waals surface area contributed by atoms with Crippen LogP contribution in [-0.2, 0) is 0 Å². The maximum Gasteiger partial charge on any atom is 0.348 e. The zero-order valence-corrected chi connectivity index (χ0v) is 8.69. The molecule has 0 bridgehead atoms. The molecule has 0 atom stereocenters. The van der Waals surface area contributed by atoms with Gasteiger partial charge in [0.15, 0.2) is 5.82 Å². The molecular weight excluding hydrogens is 208 g/mol. The largest absolute Gasteiger partial charge is 0.492 e. The molecule has 6 heteroatoms. The minimum absolute atomic E-state index is 0.133. The zero-order chi connectivity index (χ0) is 11.7. The highest BCUT2D eigenvalue weighted by atomic mass is 16.3. The second kappa shape index (κ2) is 3.65. The van der Waals surface area contributed by atoms with E-state index >= 15 is 0 Å². The van der Waals surface area contributed by atoms with Crippen molar-refractivity contribution in [3.05, 3.63) is 40.3 Å². The summed E-state index contributed by atoms with van der Waals surface area (Å²) in [7, 11) is 0. The van der Waals surface area contributed by atoms with Crippen LogP contribution in [0.3, 0.4) is 0 Å². The lowest BCUT2D eigenvalue weighted by Crippen LogP contribution is -2.25. The summed E-state index contributed by atoms with van der Waals surface area (Å²) in [5, 5.41) is 12.3. The maximum absolute atomic E-state index is 11.1. The molecule has 0 fully saturated rings. The number of aromatic nitrogens is 2. The molecule has 0 radical (unpaired) electrons. The number of nitrogens with one attached hydrogen (secondary N) is 2. The summed E-state index contributed by atoms with van der Waals surface area (Å²) in [6, 6.07) is 7.47. The van der Waals surface area contributed by atoms with Gasteiger partial charge >= 0.3 is 5.69 Å². The first-order chi connectivity index (χ1) is 7.58. The molecule has 0 spiro atoms. The average molecular weight is 220 g/mol. The van der Waals surface area contributed by atoms with Crippen LogP contribution in [0, 0.1) is 6.92 Å². The fourth-order valence-corrected chi connectivity index (χ4v) is 1.33. The molecule has 1 aromatic heterocycles. The fraction of sp³-hybridized carbons (Fsp3) is 0.100. The average Bonchev–Trinajstić information content (AvgIpc) is 2.48. The van der Waals surface area contributed by atoms with Crippen molar-refractivity contribution in [2.75, 3.05) is 11.2 Å². The van der Waals surface area contributed by atoms with Crippen molar-refractivity contribution in [1.29, 1.82) is 0 Å². The van der Waals surface area contributed by atoms with Gasteiger partial charge < -0.3 is 16.3 Å². The zero-order valence-electron chi connectivity index (χ0n) is 8.69. The molecule has 0 saturated carbocycles. The highest BCUT2D eigenvalue weighted by molar-refractivity contribution is 5.60. The number of aromatic hydroxyl groups is 1. The molecule has 0 aliphatic carbocycles. The van der Waals surface area contributed by atoms with Crippen LogP contribution in [0.4, 0.5) is 11.5 Å². The van der Waals surface area contributed by atoms with Gasteiger partial charge in [-0.2, -0.15) is 4.68 Å². The second-order valence-corrected chi connectivity index (χ2v) is 3.49. The third kappa shape index (κ3) is 1.72. The Morgan fingerprint density at radius 2 is 2.00 bits per heavy atom. The van der Waals surface area contributed by atoms with Crippen molar-refractivity contribution in [3.63, 3.8) is 0 Å². The predicted octanol–water partition coefficient (Wildman–Crippen LogP) is 0.648. The first-order valence-electron chi connectivity index (χ1n) is 4.70. The highest BCUT2D eigenvalue weighted by Gasteiger charge is 2.10. The van der Waals surface area contributed by atoms with Crippen LogP contribution in [0.25, 0.3) is 0 Å². The Morgan fingerprint density at radius 1 is 1.38 bits per heavy atom. The fourth-order valence-electron chi connectivity index (χ4n) is 1.33. The van der Waals surface area contributed by atoms with Gasteiger partial charge in [0.05, 0.1) is 0 Å². The van der Waals surface area contributed by atoms with E-state index in [0.29, 0.717) is 0 Å². The van der Waals surface area contributed by atoms with Crippen molar-refractivity contribution in [3.8, 4) is 5.88 Å². The number of imidazole rings is 1. The van der Waals surface area contributed by atoms with Crippen LogP contribution in [0.5, 0.6) is 5.88 Å². The summed E-state index contributed by atoms with van der Waals surface area (Å²) in [5.74, 6) is 5.28. The second-order valence-electron chi connectivity index (χ2n) is 3.49. The number of nitrogen functional groups attached to an aromatic ring is 1. The van der Waals surface area contributed by atoms with Gasteiger partial charge in [-0.15, -0.1) is 0 Å². The van der Waals surface area contributed by atoms with Gasteiger partial charge in [0, 0.05) is 5.69 Å². The van der Waals surface area contributed by atoms with Gasteiger partial charge in [-0.3, -0.25) is 4.98 Å². The topological polar surface area (TPSA) is 96.1 Å². The molecule has 2 rings (SSSR count). The van der Waals surface area contributed by atoms with E-state index in [1.54, 1.807) is 0 Å². The summed E-state index contributed by atoms with van der Waals surface area (Å²) >= 11 is 0. The van der Waals surface area contributed by atoms with Gasteiger partial charge in [0.2, 0.25) is 5.88 Å². The van der Waals surface area contributed by atoms with Crippen molar-refractivity contribution >= 4 is 11.5 Å². The first-order valence-corrected chi connectivity index (χ1v) is 4.70. The molecule has 1 aromatic carbocycles. The lowest BCUT2D eigenvalue weighted by Gasteiger charge is -2.06. The molecule has 0 amide bonds. The van der Waals surface area contributed by atoms with E-state index in [1.165, 1.54) is 0 Å². The Hall–Kier alpha value is -2.37. The summed E-state index contributed by atoms with van der Waals surface area (Å²) in [5.41, 5.74) is 1.28. The molecule has 0 aliphatic rings. The van der Waals surface area contributed by atoms with E-state index in [9.17, 15) is 9.90 Å². The monoisotopic (exact) mass is 220 g/mol. The maximum atomic E-state index is 11.1. The smallest absolute Gasteiger partial charge is 0.348 e. The molecule has 6 nitrogen and oxygen atoms in total. The van der Waals surface area contributed by atoms with E-state index in [1.807, 2.05) is 31.2 Å². The summed E-state index contributed by atoms with van der Waals surface area (Å²) < 4.78 is 0.815. The molecule has 1 heterocycles. The molecule has 84 valence electrons. The lowest BCUT2D eigenvalue weighted by atomic mass is 10.2. The number of hydrogen-bond donors (Lipinski definition) is 4. The summed E-state index contributed by atoms with van der Waals surface area (Å²) in [4.78, 5) is 13.3. The van der Waals surface area contributed by atoms with Crippen molar-refractivity contribution in [2.24, 2.45) is 0 Å². The van der Waals surface area contributed by atoms with Gasteiger partial charge in [-0.1, -0.05) is 17.7 Å². The lowest BCUT2D eigenvalue weighted by molar-refractivity contribution is 0.458. The minimum atomic E-state index is -0.577. The van der Waals surface area contributed by atoms with Crippen LogP contribution >= 0.6 is 0 Å². The molecule has 0 saturated heterocycles. The number of nitrogens with zero attached hydrogens (tertiary/aromatic N) is 1. The Balaban J connectivity index is 2.34. The molecule has 0 aliphatic heterocycles. The molecule has 5 N–H and O–H groups in total. The van der Waals surface area contributed by atoms with Crippen molar-refractivity contribution in [1.82, 2.24) is 9.66 Å². The Bertz CT molecular complexity index is 553. The van der Waals surface area contributed by atoms with Gasteiger partial charge in [-0.05, 0) is 19.1 Å². The highest BCUT2D eigenvalue weighted by Crippen LogP contribution is 2.21. The molecule has 2 aromatic rings. The van der Waals surface area contributed by atoms with Crippen LogP contribution in [-0.4, -0.2) is 14.8 Å². The van der Waals surface area contributed by atoms with Crippen molar-refractivity contribution < 1.29 is 5.11 Å². The molecule has 16 heavy (non-hydrogen) atoms. The van der Waals surface area contributed by atoms with Crippen LogP contribution in [0.15, 0.2) is 29.1 Å². The van der Waals surface area contributed by atoms with Crippen molar-refractivity contribution in [2.45, 2.75) is 6.92 Å². The Morgan fingerprint density at radius 3 is 2.50 bits per heavy atom. The Labute approximate surface area is 91.3 Å². The standard InChI is InChI=1S/C10H12N4O2/c1-6-2-4-7(5-3-6)12-8-9(15)13-10(16)14(8)11/h2-5,12,15H,11H2,1H3,(H,13,16). The van der Waals surface area contributed by atoms with E-state index in [4.69, 9.17) is 5.84 Å². The SMILES string of the molecule is Cc1ccc(Nc2c(O)[nH]c(=O)n2N)cc1. The van der Waals surface area contributed by atoms with Crippen LogP contribution < -0.4 is 16.8 Å². The van der Waals surface area contributed by atoms with E-state index < -0.39 is 5.69 Å². The number of anilines is 2. The molecular formula is C10H12N4O2. The Kier molecular flexibility index (Phi) is 2.32. The van der Waals surface area contributed by atoms with E-state index in [-0.39, 0.29) is 11.7 Å². The number of aromatic amines is 1. The third-order valence-electron chi connectivity index (χ3n) is 2.22. The number of rotatable bonds is 2. The normalized spacial score (nSPS) is 10.3. The number of hydrogen-bond acceptors (Lipinski definition) is 4. The number of aryl methyl sites for hydroxylation is 1. The van der Waals surface area contributed by atoms with Crippen LogP contribution in [0.2, 0.25) is 0 Å². The number of benzene rings is 1. The van der Waals surface area contributed by atoms with Gasteiger partial charge in [0.1, 0.15) is 0 Å². The van der Waals surface area contributed by atoms with Crippen LogP contribution in [0.1, 0.15) is 5.56 Å². The molecule has 0 unspecified atom stereocenters. The number of H-pyrrole nitrogens is 1. The minimum Gasteiger partial charge on any atom is -0.492 e. The van der Waals surface area contributed by atoms with Gasteiger partial charge in [0.25, 0.3) is 0 Å². The van der Waals surface area contributed by atoms with E-state index in [2.05, 4.69) is 10.3 Å².